The first kappa shape index (κ1) is 16.2. The minimum Gasteiger partial charge on any atom is -0.314 e. The molecule has 1 saturated heterocycles. The van der Waals surface area contributed by atoms with Gasteiger partial charge in [-0.3, -0.25) is 9.88 Å². The van der Waals surface area contributed by atoms with E-state index in [0.29, 0.717) is 5.02 Å². The van der Waals surface area contributed by atoms with Crippen LogP contribution in [0.1, 0.15) is 5.56 Å². The lowest BCUT2D eigenvalue weighted by Gasteiger charge is -2.27. The van der Waals surface area contributed by atoms with Crippen LogP contribution in [0.15, 0.2) is 42.6 Å². The molecular formula is C16H19Cl2N3. The van der Waals surface area contributed by atoms with Crippen molar-refractivity contribution in [2.75, 3.05) is 26.2 Å². The zero-order valence-electron chi connectivity index (χ0n) is 11.8. The number of nitrogens with zero attached hydrogens (tertiary/aromatic N) is 2. The van der Waals surface area contributed by atoms with Crippen LogP contribution < -0.4 is 5.32 Å². The SMILES string of the molecule is Cl.Clc1ccc(-c2ccccc2CN2CCNCC2)nc1. The van der Waals surface area contributed by atoms with Crippen molar-refractivity contribution in [3.63, 3.8) is 0 Å². The van der Waals surface area contributed by atoms with E-state index in [1.807, 2.05) is 12.1 Å². The van der Waals surface area contributed by atoms with Crippen molar-refractivity contribution in [2.24, 2.45) is 0 Å². The van der Waals surface area contributed by atoms with E-state index in [4.69, 9.17) is 11.6 Å². The molecule has 1 aliphatic rings. The topological polar surface area (TPSA) is 28.2 Å². The average molecular weight is 324 g/mol. The van der Waals surface area contributed by atoms with Crippen LogP contribution in [0.3, 0.4) is 0 Å². The Kier molecular flexibility index (Phi) is 6.00. The summed E-state index contributed by atoms with van der Waals surface area (Å²) >= 11 is 5.92. The lowest BCUT2D eigenvalue weighted by atomic mass is 10.0. The van der Waals surface area contributed by atoms with Crippen molar-refractivity contribution < 1.29 is 0 Å². The number of benzene rings is 1. The smallest absolute Gasteiger partial charge is 0.0706 e. The summed E-state index contributed by atoms with van der Waals surface area (Å²) in [5, 5.41) is 4.06. The van der Waals surface area contributed by atoms with Gasteiger partial charge < -0.3 is 5.32 Å². The van der Waals surface area contributed by atoms with E-state index in [-0.39, 0.29) is 12.4 Å². The summed E-state index contributed by atoms with van der Waals surface area (Å²) in [6.45, 7) is 5.32. The quantitative estimate of drug-likeness (QED) is 0.940. The molecule has 0 amide bonds. The van der Waals surface area contributed by atoms with Gasteiger partial charge >= 0.3 is 0 Å². The number of hydrogen-bond donors (Lipinski definition) is 1. The fraction of sp³-hybridized carbons (Fsp3) is 0.312. The molecule has 21 heavy (non-hydrogen) atoms. The lowest BCUT2D eigenvalue weighted by molar-refractivity contribution is 0.233. The van der Waals surface area contributed by atoms with Crippen molar-refractivity contribution in [1.29, 1.82) is 0 Å². The molecule has 1 N–H and O–H groups in total. The van der Waals surface area contributed by atoms with Crippen molar-refractivity contribution in [3.8, 4) is 11.3 Å². The second-order valence-corrected chi connectivity index (χ2v) is 5.48. The van der Waals surface area contributed by atoms with Crippen LogP contribution in [0.2, 0.25) is 5.02 Å². The maximum absolute atomic E-state index is 5.92. The Bertz CT molecular complexity index is 566. The summed E-state index contributed by atoms with van der Waals surface area (Å²) < 4.78 is 0. The Morgan fingerprint density at radius 1 is 1.10 bits per heavy atom. The molecule has 1 aliphatic heterocycles. The third-order valence-electron chi connectivity index (χ3n) is 3.62. The van der Waals surface area contributed by atoms with Crippen LogP contribution in [0.4, 0.5) is 0 Å². The summed E-state index contributed by atoms with van der Waals surface area (Å²) in [6.07, 6.45) is 1.71. The molecule has 112 valence electrons. The molecule has 1 aromatic heterocycles. The molecule has 0 atom stereocenters. The lowest BCUT2D eigenvalue weighted by Crippen LogP contribution is -2.42. The number of halogens is 2. The van der Waals surface area contributed by atoms with Gasteiger partial charge in [-0.25, -0.2) is 0 Å². The van der Waals surface area contributed by atoms with Crippen LogP contribution in [0.25, 0.3) is 11.3 Å². The molecule has 0 radical (unpaired) electrons. The number of piperazine rings is 1. The van der Waals surface area contributed by atoms with Crippen molar-refractivity contribution >= 4 is 24.0 Å². The summed E-state index contributed by atoms with van der Waals surface area (Å²) in [5.41, 5.74) is 3.51. The van der Waals surface area contributed by atoms with Crippen LogP contribution in [0, 0.1) is 0 Å². The summed E-state index contributed by atoms with van der Waals surface area (Å²) in [7, 11) is 0. The highest BCUT2D eigenvalue weighted by Gasteiger charge is 2.13. The normalized spacial score (nSPS) is 15.5. The molecule has 0 saturated carbocycles. The molecule has 3 nitrogen and oxygen atoms in total. The molecule has 0 unspecified atom stereocenters. The van der Waals surface area contributed by atoms with Crippen molar-refractivity contribution in [1.82, 2.24) is 15.2 Å². The van der Waals surface area contributed by atoms with E-state index < -0.39 is 0 Å². The van der Waals surface area contributed by atoms with Crippen LogP contribution in [-0.4, -0.2) is 36.1 Å². The zero-order chi connectivity index (χ0) is 13.8. The van der Waals surface area contributed by atoms with Gasteiger partial charge in [0.1, 0.15) is 0 Å². The third kappa shape index (κ3) is 4.17. The van der Waals surface area contributed by atoms with Gasteiger partial charge in [-0.15, -0.1) is 12.4 Å². The standard InChI is InChI=1S/C16H18ClN3.ClH/c17-14-5-6-16(19-11-14)15-4-2-1-3-13(15)12-20-9-7-18-8-10-20;/h1-6,11,18H,7-10,12H2;1H. The second kappa shape index (κ2) is 7.76. The monoisotopic (exact) mass is 323 g/mol. The maximum Gasteiger partial charge on any atom is 0.0706 e. The van der Waals surface area contributed by atoms with Crippen LogP contribution >= 0.6 is 24.0 Å². The van der Waals surface area contributed by atoms with Gasteiger partial charge in [0.25, 0.3) is 0 Å². The Morgan fingerprint density at radius 2 is 1.86 bits per heavy atom. The van der Waals surface area contributed by atoms with E-state index in [1.165, 1.54) is 11.1 Å². The van der Waals surface area contributed by atoms with Crippen molar-refractivity contribution in [2.45, 2.75) is 6.54 Å². The summed E-state index contributed by atoms with van der Waals surface area (Å²) in [5.74, 6) is 0. The average Bonchev–Trinajstić information content (AvgIpc) is 2.50. The van der Waals surface area contributed by atoms with Gasteiger partial charge in [0, 0.05) is 44.5 Å². The molecule has 0 spiro atoms. The molecule has 2 heterocycles. The van der Waals surface area contributed by atoms with Gasteiger partial charge in [-0.1, -0.05) is 35.9 Å². The van der Waals surface area contributed by atoms with E-state index in [0.717, 1.165) is 38.4 Å². The number of rotatable bonds is 3. The molecule has 0 aliphatic carbocycles. The minimum absolute atomic E-state index is 0. The van der Waals surface area contributed by atoms with E-state index in [9.17, 15) is 0 Å². The van der Waals surface area contributed by atoms with Gasteiger partial charge in [0.15, 0.2) is 0 Å². The molecule has 1 fully saturated rings. The number of aromatic nitrogens is 1. The van der Waals surface area contributed by atoms with E-state index in [1.54, 1.807) is 6.20 Å². The highest BCUT2D eigenvalue weighted by Crippen LogP contribution is 2.24. The van der Waals surface area contributed by atoms with Crippen LogP contribution in [-0.2, 0) is 6.54 Å². The fourth-order valence-corrected chi connectivity index (χ4v) is 2.67. The Morgan fingerprint density at radius 3 is 2.57 bits per heavy atom. The van der Waals surface area contributed by atoms with Crippen LogP contribution in [0.5, 0.6) is 0 Å². The van der Waals surface area contributed by atoms with E-state index >= 15 is 0 Å². The number of pyridine rings is 1. The third-order valence-corrected chi connectivity index (χ3v) is 3.85. The molecule has 2 aromatic rings. The molecular weight excluding hydrogens is 305 g/mol. The fourth-order valence-electron chi connectivity index (χ4n) is 2.55. The first-order valence-corrected chi connectivity index (χ1v) is 7.33. The summed E-state index contributed by atoms with van der Waals surface area (Å²) in [4.78, 5) is 6.92. The molecule has 1 aromatic carbocycles. The minimum atomic E-state index is 0. The van der Waals surface area contributed by atoms with Gasteiger partial charge in [0.2, 0.25) is 0 Å². The maximum atomic E-state index is 5.92. The Hall–Kier alpha value is -1.13. The zero-order valence-corrected chi connectivity index (χ0v) is 13.3. The first-order valence-electron chi connectivity index (χ1n) is 6.96. The highest BCUT2D eigenvalue weighted by molar-refractivity contribution is 6.30. The predicted octanol–water partition coefficient (Wildman–Crippen LogP) is 3.23. The first-order chi connectivity index (χ1) is 9.83. The number of hydrogen-bond acceptors (Lipinski definition) is 3. The molecule has 5 heteroatoms. The Labute approximate surface area is 136 Å². The van der Waals surface area contributed by atoms with Gasteiger partial charge in [-0.2, -0.15) is 0 Å². The van der Waals surface area contributed by atoms with Crippen molar-refractivity contribution in [3.05, 3.63) is 53.2 Å². The largest absolute Gasteiger partial charge is 0.314 e. The number of nitrogens with one attached hydrogen (secondary N) is 1. The molecule has 3 rings (SSSR count). The second-order valence-electron chi connectivity index (χ2n) is 5.04. The summed E-state index contributed by atoms with van der Waals surface area (Å²) in [6, 6.07) is 12.4. The molecule has 0 bridgehead atoms. The predicted molar refractivity (Wildman–Crippen MR) is 90.1 cm³/mol. The van der Waals surface area contributed by atoms with Gasteiger partial charge in [0.05, 0.1) is 10.7 Å². The Balaban J connectivity index is 0.00000161. The van der Waals surface area contributed by atoms with Gasteiger partial charge in [-0.05, 0) is 17.7 Å². The highest BCUT2D eigenvalue weighted by atomic mass is 35.5. The van der Waals surface area contributed by atoms with E-state index in [2.05, 4.69) is 39.5 Å².